The number of nitrogens with zero attached hydrogens (tertiary/aromatic N) is 2. The third-order valence-electron chi connectivity index (χ3n) is 3.96. The molecule has 2 amide bonds. The second-order valence-corrected chi connectivity index (χ2v) is 6.98. The van der Waals surface area contributed by atoms with Crippen LogP contribution in [0.1, 0.15) is 26.3 Å². The molecule has 6 N–H and O–H groups in total. The summed E-state index contributed by atoms with van der Waals surface area (Å²) in [5, 5.41) is 0.603. The van der Waals surface area contributed by atoms with E-state index in [1.807, 2.05) is 19.1 Å². The Morgan fingerprint density at radius 1 is 0.900 bits per heavy atom. The highest BCUT2D eigenvalue weighted by atomic mass is 35.5. The Morgan fingerprint density at radius 2 is 1.50 bits per heavy atom. The van der Waals surface area contributed by atoms with E-state index >= 15 is 0 Å². The van der Waals surface area contributed by atoms with Gasteiger partial charge in [0.15, 0.2) is 11.6 Å². The lowest BCUT2D eigenvalue weighted by Gasteiger charge is -2.14. The van der Waals surface area contributed by atoms with Gasteiger partial charge < -0.3 is 5.73 Å². The van der Waals surface area contributed by atoms with Crippen LogP contribution in [0.3, 0.4) is 0 Å². The Bertz CT molecular complexity index is 1090. The van der Waals surface area contributed by atoms with Crippen molar-refractivity contribution in [1.82, 2.24) is 20.8 Å². The Labute approximate surface area is 181 Å². The summed E-state index contributed by atoms with van der Waals surface area (Å²) >= 11 is 11.8. The zero-order chi connectivity index (χ0) is 21.7. The Morgan fingerprint density at radius 3 is 2.10 bits per heavy atom. The number of aryl methyl sites for hydroxylation is 1. The highest BCUT2D eigenvalue weighted by molar-refractivity contribution is 6.36. The summed E-state index contributed by atoms with van der Waals surface area (Å²) < 4.78 is 0. The van der Waals surface area contributed by atoms with Gasteiger partial charge in [0.1, 0.15) is 12.0 Å². The molecule has 11 heteroatoms. The summed E-state index contributed by atoms with van der Waals surface area (Å²) in [5.41, 5.74) is 18.0. The quantitative estimate of drug-likeness (QED) is 0.367. The van der Waals surface area contributed by atoms with Gasteiger partial charge in [0.25, 0.3) is 11.8 Å². The van der Waals surface area contributed by atoms with Crippen LogP contribution >= 0.6 is 23.2 Å². The maximum atomic E-state index is 12.3. The molecule has 30 heavy (non-hydrogen) atoms. The van der Waals surface area contributed by atoms with E-state index < -0.39 is 5.91 Å². The predicted octanol–water partition coefficient (Wildman–Crippen LogP) is 3.19. The Kier molecular flexibility index (Phi) is 6.55. The molecule has 0 aliphatic heterocycles. The number of halogens is 2. The SMILES string of the molecule is Cc1ccc(C(=O)NNc2ncnc(NNC(=O)c3ccc(Cl)cc3Cl)c2N)cc1. The number of nitrogens with two attached hydrogens (primary N) is 1. The van der Waals surface area contributed by atoms with E-state index in [1.54, 1.807) is 18.2 Å². The van der Waals surface area contributed by atoms with E-state index in [4.69, 9.17) is 28.9 Å². The number of aromatic nitrogens is 2. The molecule has 3 aromatic rings. The molecule has 0 aliphatic carbocycles. The first-order valence-corrected chi connectivity index (χ1v) is 9.35. The van der Waals surface area contributed by atoms with E-state index in [9.17, 15) is 9.59 Å². The number of hydrogen-bond donors (Lipinski definition) is 5. The number of hydrogen-bond acceptors (Lipinski definition) is 7. The van der Waals surface area contributed by atoms with E-state index in [2.05, 4.69) is 31.7 Å². The molecule has 1 heterocycles. The first-order chi connectivity index (χ1) is 14.3. The van der Waals surface area contributed by atoms with E-state index in [0.717, 1.165) is 5.56 Å². The van der Waals surface area contributed by atoms with Gasteiger partial charge in [0.05, 0.1) is 10.6 Å². The number of nitrogen functional groups attached to an aromatic ring is 1. The fourth-order valence-corrected chi connectivity index (χ4v) is 2.84. The topological polar surface area (TPSA) is 134 Å². The molecule has 2 aromatic carbocycles. The summed E-state index contributed by atoms with van der Waals surface area (Å²) in [5.74, 6) is -0.618. The molecule has 154 valence electrons. The van der Waals surface area contributed by atoms with Crippen LogP contribution in [0.4, 0.5) is 17.3 Å². The number of amides is 2. The van der Waals surface area contributed by atoms with Crippen molar-refractivity contribution in [2.24, 2.45) is 0 Å². The number of carbonyl (C=O) groups excluding carboxylic acids is 2. The monoisotopic (exact) mass is 445 g/mol. The average molecular weight is 446 g/mol. The number of hydrazine groups is 2. The smallest absolute Gasteiger partial charge is 0.271 e. The van der Waals surface area contributed by atoms with Gasteiger partial charge in [0, 0.05) is 10.6 Å². The van der Waals surface area contributed by atoms with Crippen LogP contribution in [-0.4, -0.2) is 21.8 Å². The van der Waals surface area contributed by atoms with E-state index in [-0.39, 0.29) is 33.8 Å². The number of anilines is 3. The average Bonchev–Trinajstić information content (AvgIpc) is 2.72. The van der Waals surface area contributed by atoms with Gasteiger partial charge in [-0.15, -0.1) is 0 Å². The van der Waals surface area contributed by atoms with Crippen molar-refractivity contribution in [1.29, 1.82) is 0 Å². The van der Waals surface area contributed by atoms with Crippen LogP contribution in [-0.2, 0) is 0 Å². The standard InChI is InChI=1S/C19H17Cl2N7O2/c1-10-2-4-11(5-3-10)18(29)27-25-16-15(22)17(24-9-23-16)26-28-19(30)13-7-6-12(20)8-14(13)21/h2-9H,22H2,1H3,(H,27,29)(H,28,30)(H2,23,24,25,26). The number of benzene rings is 2. The molecule has 1 aromatic heterocycles. The Balaban J connectivity index is 1.63. The minimum Gasteiger partial charge on any atom is -0.393 e. The second kappa shape index (κ2) is 9.29. The maximum Gasteiger partial charge on any atom is 0.271 e. The van der Waals surface area contributed by atoms with Crippen LogP contribution in [0.25, 0.3) is 0 Å². The van der Waals surface area contributed by atoms with Gasteiger partial charge in [-0.2, -0.15) is 0 Å². The van der Waals surface area contributed by atoms with Crippen LogP contribution in [0, 0.1) is 6.92 Å². The van der Waals surface area contributed by atoms with Crippen molar-refractivity contribution >= 4 is 52.3 Å². The van der Waals surface area contributed by atoms with Gasteiger partial charge in [-0.05, 0) is 37.3 Å². The highest BCUT2D eigenvalue weighted by Gasteiger charge is 2.13. The van der Waals surface area contributed by atoms with Crippen LogP contribution < -0.4 is 27.4 Å². The van der Waals surface area contributed by atoms with E-state index in [0.29, 0.717) is 10.6 Å². The normalized spacial score (nSPS) is 10.2. The molecule has 0 bridgehead atoms. The van der Waals surface area contributed by atoms with Crippen molar-refractivity contribution in [2.45, 2.75) is 6.92 Å². The lowest BCUT2D eigenvalue weighted by molar-refractivity contribution is 0.0954. The van der Waals surface area contributed by atoms with Gasteiger partial charge in [0.2, 0.25) is 0 Å². The zero-order valence-corrected chi connectivity index (χ0v) is 17.2. The molecule has 0 spiro atoms. The predicted molar refractivity (Wildman–Crippen MR) is 116 cm³/mol. The maximum absolute atomic E-state index is 12.3. The minimum atomic E-state index is -0.517. The third-order valence-corrected chi connectivity index (χ3v) is 4.51. The lowest BCUT2D eigenvalue weighted by atomic mass is 10.1. The first-order valence-electron chi connectivity index (χ1n) is 8.60. The molecular formula is C19H17Cl2N7O2. The van der Waals surface area contributed by atoms with Crippen LogP contribution in [0.15, 0.2) is 48.8 Å². The van der Waals surface area contributed by atoms with Crippen molar-refractivity contribution in [3.63, 3.8) is 0 Å². The van der Waals surface area contributed by atoms with Crippen molar-refractivity contribution in [2.75, 3.05) is 16.6 Å². The van der Waals surface area contributed by atoms with Crippen LogP contribution in [0.5, 0.6) is 0 Å². The molecule has 9 nitrogen and oxygen atoms in total. The Hall–Kier alpha value is -3.56. The molecule has 0 saturated heterocycles. The molecule has 0 fully saturated rings. The van der Waals surface area contributed by atoms with E-state index in [1.165, 1.54) is 18.5 Å². The molecule has 0 saturated carbocycles. The molecule has 0 radical (unpaired) electrons. The zero-order valence-electron chi connectivity index (χ0n) is 15.7. The van der Waals surface area contributed by atoms with Crippen molar-refractivity contribution in [3.8, 4) is 0 Å². The summed E-state index contributed by atoms with van der Waals surface area (Å²) in [6.07, 6.45) is 1.21. The van der Waals surface area contributed by atoms with Gasteiger partial charge in [-0.25, -0.2) is 9.97 Å². The van der Waals surface area contributed by atoms with Gasteiger partial charge in [-0.3, -0.25) is 31.3 Å². The fraction of sp³-hybridized carbons (Fsp3) is 0.0526. The molecule has 3 rings (SSSR count). The lowest BCUT2D eigenvalue weighted by Crippen LogP contribution is -2.32. The largest absolute Gasteiger partial charge is 0.393 e. The summed E-state index contributed by atoms with van der Waals surface area (Å²) in [7, 11) is 0. The summed E-state index contributed by atoms with van der Waals surface area (Å²) in [4.78, 5) is 32.4. The number of carbonyl (C=O) groups is 2. The first kappa shape index (κ1) is 21.2. The molecule has 0 atom stereocenters. The summed E-state index contributed by atoms with van der Waals surface area (Å²) in [6, 6.07) is 11.5. The third kappa shape index (κ3) is 5.07. The second-order valence-electron chi connectivity index (χ2n) is 6.13. The molecular weight excluding hydrogens is 429 g/mol. The highest BCUT2D eigenvalue weighted by Crippen LogP contribution is 2.23. The molecule has 0 unspecified atom stereocenters. The minimum absolute atomic E-state index is 0.0733. The van der Waals surface area contributed by atoms with Crippen molar-refractivity contribution in [3.05, 3.63) is 75.5 Å². The van der Waals surface area contributed by atoms with Gasteiger partial charge in [-0.1, -0.05) is 40.9 Å². The molecule has 0 aliphatic rings. The fourth-order valence-electron chi connectivity index (χ4n) is 2.34. The summed E-state index contributed by atoms with van der Waals surface area (Å²) in [6.45, 7) is 1.93. The van der Waals surface area contributed by atoms with Gasteiger partial charge >= 0.3 is 0 Å². The number of nitrogens with one attached hydrogen (secondary N) is 4. The van der Waals surface area contributed by atoms with Crippen molar-refractivity contribution < 1.29 is 9.59 Å². The number of rotatable bonds is 6. The van der Waals surface area contributed by atoms with Crippen LogP contribution in [0.2, 0.25) is 10.0 Å².